The van der Waals surface area contributed by atoms with Crippen molar-refractivity contribution in [3.63, 3.8) is 0 Å². The summed E-state index contributed by atoms with van der Waals surface area (Å²) in [6, 6.07) is 0. The zero-order valence-corrected chi connectivity index (χ0v) is 9.78. The van der Waals surface area contributed by atoms with Crippen molar-refractivity contribution >= 4 is 11.8 Å². The predicted octanol–water partition coefficient (Wildman–Crippen LogP) is 1.23. The summed E-state index contributed by atoms with van der Waals surface area (Å²) in [5, 5.41) is 15.4. The van der Waals surface area contributed by atoms with Crippen LogP contribution in [0.3, 0.4) is 0 Å². The molecule has 17 heavy (non-hydrogen) atoms. The van der Waals surface area contributed by atoms with Crippen molar-refractivity contribution < 1.29 is 9.50 Å². The van der Waals surface area contributed by atoms with E-state index in [1.54, 1.807) is 0 Å². The lowest BCUT2D eigenvalue weighted by atomic mass is 10.2. The molecule has 1 heterocycles. The van der Waals surface area contributed by atoms with Crippen LogP contribution in [0.4, 0.5) is 16.2 Å². The van der Waals surface area contributed by atoms with E-state index in [9.17, 15) is 9.50 Å². The molecule has 2 rings (SSSR count). The Kier molecular flexibility index (Phi) is 3.73. The van der Waals surface area contributed by atoms with Crippen LogP contribution in [0, 0.1) is 11.7 Å². The Bertz CT molecular complexity index is 384. The molecular weight excluding hydrogens is 223 g/mol. The van der Waals surface area contributed by atoms with Gasteiger partial charge in [0.05, 0.1) is 12.3 Å². The molecule has 5 nitrogen and oxygen atoms in total. The summed E-state index contributed by atoms with van der Waals surface area (Å²) in [6.07, 6.45) is 2.80. The maximum atomic E-state index is 13.4. The van der Waals surface area contributed by atoms with Crippen LogP contribution in [0.1, 0.15) is 19.8 Å². The lowest BCUT2D eigenvalue weighted by molar-refractivity contribution is 0.164. The van der Waals surface area contributed by atoms with Crippen LogP contribution in [0.15, 0.2) is 6.20 Å². The molecule has 1 saturated carbocycles. The van der Waals surface area contributed by atoms with Crippen LogP contribution >= 0.6 is 0 Å². The average molecular weight is 240 g/mol. The van der Waals surface area contributed by atoms with Crippen molar-refractivity contribution in [3.05, 3.63) is 12.0 Å². The number of nitrogens with zero attached hydrogens (tertiary/aromatic N) is 2. The SMILES string of the molecule is CCNc1ncc(F)c(NCC(O)C2CC2)n1. The molecule has 1 unspecified atom stereocenters. The van der Waals surface area contributed by atoms with Crippen molar-refractivity contribution in [2.75, 3.05) is 23.7 Å². The molecule has 1 aliphatic rings. The Balaban J connectivity index is 1.95. The highest BCUT2D eigenvalue weighted by Crippen LogP contribution is 2.32. The molecule has 1 atom stereocenters. The second-order valence-electron chi connectivity index (χ2n) is 4.21. The van der Waals surface area contributed by atoms with Gasteiger partial charge in [0.15, 0.2) is 11.6 Å². The zero-order chi connectivity index (χ0) is 12.3. The van der Waals surface area contributed by atoms with Gasteiger partial charge in [0.25, 0.3) is 0 Å². The van der Waals surface area contributed by atoms with Crippen LogP contribution < -0.4 is 10.6 Å². The topological polar surface area (TPSA) is 70.1 Å². The average Bonchev–Trinajstić information content (AvgIpc) is 3.13. The van der Waals surface area contributed by atoms with Gasteiger partial charge >= 0.3 is 0 Å². The number of hydrogen-bond donors (Lipinski definition) is 3. The molecule has 0 bridgehead atoms. The molecule has 0 saturated heterocycles. The highest BCUT2D eigenvalue weighted by Gasteiger charge is 2.29. The highest BCUT2D eigenvalue weighted by atomic mass is 19.1. The first kappa shape index (κ1) is 12.0. The van der Waals surface area contributed by atoms with Crippen molar-refractivity contribution in [2.24, 2.45) is 5.92 Å². The molecule has 1 fully saturated rings. The summed E-state index contributed by atoms with van der Waals surface area (Å²) >= 11 is 0. The van der Waals surface area contributed by atoms with E-state index in [1.807, 2.05) is 6.92 Å². The summed E-state index contributed by atoms with van der Waals surface area (Å²) in [4.78, 5) is 7.80. The zero-order valence-electron chi connectivity index (χ0n) is 9.78. The Morgan fingerprint density at radius 3 is 2.94 bits per heavy atom. The van der Waals surface area contributed by atoms with Gasteiger partial charge in [-0.15, -0.1) is 0 Å². The minimum absolute atomic E-state index is 0.135. The summed E-state index contributed by atoms with van der Waals surface area (Å²) in [5.74, 6) is 0.378. The molecule has 0 radical (unpaired) electrons. The molecule has 6 heteroatoms. The van der Waals surface area contributed by atoms with Crippen LogP contribution in [0.25, 0.3) is 0 Å². The number of rotatable bonds is 6. The smallest absolute Gasteiger partial charge is 0.224 e. The van der Waals surface area contributed by atoms with Crippen molar-refractivity contribution in [1.82, 2.24) is 9.97 Å². The molecular formula is C11H17FN4O. The molecule has 1 aliphatic carbocycles. The van der Waals surface area contributed by atoms with E-state index in [2.05, 4.69) is 20.6 Å². The second kappa shape index (κ2) is 5.27. The first-order valence-corrected chi connectivity index (χ1v) is 5.89. The van der Waals surface area contributed by atoms with Gasteiger partial charge in [0.1, 0.15) is 0 Å². The fourth-order valence-corrected chi connectivity index (χ4v) is 1.58. The third-order valence-corrected chi connectivity index (χ3v) is 2.72. The van der Waals surface area contributed by atoms with Crippen molar-refractivity contribution in [1.29, 1.82) is 0 Å². The predicted molar refractivity (Wildman–Crippen MR) is 63.4 cm³/mol. The van der Waals surface area contributed by atoms with Gasteiger partial charge in [0, 0.05) is 13.1 Å². The van der Waals surface area contributed by atoms with Gasteiger partial charge in [-0.05, 0) is 25.7 Å². The van der Waals surface area contributed by atoms with Crippen LogP contribution in [0.5, 0.6) is 0 Å². The molecule has 3 N–H and O–H groups in total. The number of nitrogens with one attached hydrogen (secondary N) is 2. The summed E-state index contributed by atoms with van der Waals surface area (Å²) in [6.45, 7) is 2.91. The Labute approximate surface area is 99.5 Å². The molecule has 1 aromatic heterocycles. The first-order chi connectivity index (χ1) is 8.20. The Hall–Kier alpha value is -1.43. The maximum absolute atomic E-state index is 13.4. The number of halogens is 1. The van der Waals surface area contributed by atoms with Gasteiger partial charge in [0.2, 0.25) is 5.95 Å². The van der Waals surface area contributed by atoms with Gasteiger partial charge in [-0.2, -0.15) is 4.98 Å². The van der Waals surface area contributed by atoms with Gasteiger partial charge in [-0.25, -0.2) is 9.37 Å². The van der Waals surface area contributed by atoms with Gasteiger partial charge in [-0.1, -0.05) is 0 Å². The van der Waals surface area contributed by atoms with E-state index >= 15 is 0 Å². The largest absolute Gasteiger partial charge is 0.391 e. The maximum Gasteiger partial charge on any atom is 0.224 e. The van der Waals surface area contributed by atoms with Gasteiger partial charge < -0.3 is 15.7 Å². The number of aromatic nitrogens is 2. The van der Waals surface area contributed by atoms with E-state index in [0.29, 0.717) is 25.0 Å². The highest BCUT2D eigenvalue weighted by molar-refractivity contribution is 5.41. The lowest BCUT2D eigenvalue weighted by Crippen LogP contribution is -2.22. The normalized spacial score (nSPS) is 16.6. The summed E-state index contributed by atoms with van der Waals surface area (Å²) in [7, 11) is 0. The quantitative estimate of drug-likeness (QED) is 0.697. The van der Waals surface area contributed by atoms with E-state index < -0.39 is 11.9 Å². The number of aliphatic hydroxyl groups is 1. The monoisotopic (exact) mass is 240 g/mol. The van der Waals surface area contributed by atoms with E-state index in [4.69, 9.17) is 0 Å². The molecule has 1 aromatic rings. The third-order valence-electron chi connectivity index (χ3n) is 2.72. The van der Waals surface area contributed by atoms with E-state index in [-0.39, 0.29) is 5.82 Å². The minimum atomic E-state index is -0.505. The van der Waals surface area contributed by atoms with Crippen molar-refractivity contribution in [2.45, 2.75) is 25.9 Å². The fourth-order valence-electron chi connectivity index (χ4n) is 1.58. The Morgan fingerprint density at radius 1 is 1.53 bits per heavy atom. The van der Waals surface area contributed by atoms with E-state index in [0.717, 1.165) is 19.0 Å². The van der Waals surface area contributed by atoms with Crippen LogP contribution in [0.2, 0.25) is 0 Å². The first-order valence-electron chi connectivity index (χ1n) is 5.89. The molecule has 0 aliphatic heterocycles. The van der Waals surface area contributed by atoms with Crippen LogP contribution in [-0.2, 0) is 0 Å². The molecule has 0 spiro atoms. The van der Waals surface area contributed by atoms with Crippen molar-refractivity contribution in [3.8, 4) is 0 Å². The summed E-state index contributed by atoms with van der Waals surface area (Å²) < 4.78 is 13.4. The number of anilines is 2. The molecule has 0 aromatic carbocycles. The molecule has 94 valence electrons. The van der Waals surface area contributed by atoms with Gasteiger partial charge in [-0.3, -0.25) is 0 Å². The number of hydrogen-bond acceptors (Lipinski definition) is 5. The summed E-state index contributed by atoms with van der Waals surface area (Å²) in [5.41, 5.74) is 0. The van der Waals surface area contributed by atoms with Crippen LogP contribution in [-0.4, -0.2) is 34.3 Å². The lowest BCUT2D eigenvalue weighted by Gasteiger charge is -2.12. The standard InChI is InChI=1S/C11H17FN4O/c1-2-13-11-15-5-8(12)10(16-11)14-6-9(17)7-3-4-7/h5,7,9,17H,2-4,6H2,1H3,(H2,13,14,15,16). The second-order valence-corrected chi connectivity index (χ2v) is 4.21. The van der Waals surface area contributed by atoms with E-state index in [1.165, 1.54) is 0 Å². The fraction of sp³-hybridized carbons (Fsp3) is 0.636. The minimum Gasteiger partial charge on any atom is -0.391 e. The number of aliphatic hydroxyl groups excluding tert-OH is 1. The molecule has 0 amide bonds. The Morgan fingerprint density at radius 2 is 2.29 bits per heavy atom. The third kappa shape index (κ3) is 3.26.